The maximum atomic E-state index is 4.51. The Balaban J connectivity index is 0.00000280. The third kappa shape index (κ3) is 6.63. The van der Waals surface area contributed by atoms with Gasteiger partial charge in [0.25, 0.3) is 0 Å². The van der Waals surface area contributed by atoms with Gasteiger partial charge in [0.15, 0.2) is 5.96 Å². The van der Waals surface area contributed by atoms with Gasteiger partial charge in [-0.25, -0.2) is 4.98 Å². The Hall–Kier alpha value is -1.87. The van der Waals surface area contributed by atoms with Crippen LogP contribution in [0.2, 0.25) is 0 Å². The summed E-state index contributed by atoms with van der Waals surface area (Å²) in [5.74, 6) is 2.37. The zero-order chi connectivity index (χ0) is 18.9. The molecule has 150 valence electrons. The number of imidazole rings is 1. The van der Waals surface area contributed by atoms with Gasteiger partial charge in [-0.2, -0.15) is 11.3 Å². The molecule has 0 aliphatic heterocycles. The number of guanidine groups is 1. The van der Waals surface area contributed by atoms with E-state index in [-0.39, 0.29) is 24.0 Å². The van der Waals surface area contributed by atoms with E-state index in [0.717, 1.165) is 37.8 Å². The maximum Gasteiger partial charge on any atom is 0.191 e. The van der Waals surface area contributed by atoms with Crippen LogP contribution in [-0.2, 0) is 13.0 Å². The van der Waals surface area contributed by atoms with Crippen molar-refractivity contribution in [3.05, 3.63) is 76.5 Å². The first-order valence-electron chi connectivity index (χ1n) is 9.27. The number of rotatable bonds is 8. The van der Waals surface area contributed by atoms with Gasteiger partial charge in [-0.15, -0.1) is 24.0 Å². The molecular formula is C21H28IN5S. The van der Waals surface area contributed by atoms with Crippen molar-refractivity contribution in [1.29, 1.82) is 0 Å². The van der Waals surface area contributed by atoms with Gasteiger partial charge in [0, 0.05) is 45.5 Å². The van der Waals surface area contributed by atoms with Crippen molar-refractivity contribution >= 4 is 41.3 Å². The third-order valence-electron chi connectivity index (χ3n) is 4.55. The number of nitrogens with one attached hydrogen (secondary N) is 2. The molecule has 0 saturated heterocycles. The fraction of sp³-hybridized carbons (Fsp3) is 0.333. The summed E-state index contributed by atoms with van der Waals surface area (Å²) in [5.41, 5.74) is 2.65. The highest BCUT2D eigenvalue weighted by molar-refractivity contribution is 14.0. The summed E-state index contributed by atoms with van der Waals surface area (Å²) >= 11 is 1.74. The lowest BCUT2D eigenvalue weighted by molar-refractivity contribution is 0.678. The van der Waals surface area contributed by atoms with Crippen LogP contribution in [0.25, 0.3) is 0 Å². The van der Waals surface area contributed by atoms with Gasteiger partial charge in [0.05, 0.1) is 0 Å². The van der Waals surface area contributed by atoms with E-state index in [1.54, 1.807) is 18.4 Å². The molecule has 2 N–H and O–H groups in total. The highest BCUT2D eigenvalue weighted by Crippen LogP contribution is 2.16. The van der Waals surface area contributed by atoms with Crippen molar-refractivity contribution in [2.45, 2.75) is 25.8 Å². The van der Waals surface area contributed by atoms with Gasteiger partial charge < -0.3 is 15.2 Å². The predicted octanol–water partition coefficient (Wildman–Crippen LogP) is 4.12. The summed E-state index contributed by atoms with van der Waals surface area (Å²) in [4.78, 5) is 8.83. The summed E-state index contributed by atoms with van der Waals surface area (Å²) < 4.78 is 2.20. The lowest BCUT2D eigenvalue weighted by atomic mass is 10.1. The average Bonchev–Trinajstić information content (AvgIpc) is 3.37. The molecule has 3 rings (SSSR count). The maximum absolute atomic E-state index is 4.51. The van der Waals surface area contributed by atoms with Gasteiger partial charge in [0.2, 0.25) is 0 Å². The Labute approximate surface area is 188 Å². The number of aliphatic imine (C=N–C) groups is 1. The number of halogens is 1. The Kier molecular flexibility index (Phi) is 9.49. The van der Waals surface area contributed by atoms with E-state index in [1.165, 1.54) is 11.1 Å². The minimum Gasteiger partial charge on any atom is -0.356 e. The second-order valence-corrected chi connectivity index (χ2v) is 7.32. The normalized spacial score (nSPS) is 12.3. The van der Waals surface area contributed by atoms with Gasteiger partial charge in [-0.1, -0.05) is 37.3 Å². The molecule has 0 amide bonds. The lowest BCUT2D eigenvalue weighted by Crippen LogP contribution is -2.40. The minimum atomic E-state index is 0. The summed E-state index contributed by atoms with van der Waals surface area (Å²) in [5, 5.41) is 11.1. The highest BCUT2D eigenvalue weighted by atomic mass is 127. The summed E-state index contributed by atoms with van der Waals surface area (Å²) in [7, 11) is 1.81. The largest absolute Gasteiger partial charge is 0.356 e. The molecule has 0 radical (unpaired) electrons. The Morgan fingerprint density at radius 1 is 1.21 bits per heavy atom. The fourth-order valence-corrected chi connectivity index (χ4v) is 3.71. The van der Waals surface area contributed by atoms with E-state index in [1.807, 2.05) is 18.5 Å². The third-order valence-corrected chi connectivity index (χ3v) is 5.25. The first-order valence-corrected chi connectivity index (χ1v) is 10.2. The van der Waals surface area contributed by atoms with Crippen LogP contribution in [0.5, 0.6) is 0 Å². The molecule has 0 fully saturated rings. The van der Waals surface area contributed by atoms with Gasteiger partial charge in [-0.3, -0.25) is 4.99 Å². The van der Waals surface area contributed by atoms with Crippen LogP contribution in [0.1, 0.15) is 29.8 Å². The molecule has 0 aliphatic carbocycles. The summed E-state index contributed by atoms with van der Waals surface area (Å²) in [6, 6.07) is 12.6. The van der Waals surface area contributed by atoms with Crippen molar-refractivity contribution in [2.24, 2.45) is 4.99 Å². The number of hydrogen-bond donors (Lipinski definition) is 2. The van der Waals surface area contributed by atoms with E-state index in [2.05, 4.69) is 73.2 Å². The van der Waals surface area contributed by atoms with Crippen LogP contribution >= 0.6 is 35.3 Å². The number of aromatic nitrogens is 2. The van der Waals surface area contributed by atoms with Crippen LogP contribution in [-0.4, -0.2) is 35.6 Å². The molecule has 0 saturated carbocycles. The molecular weight excluding hydrogens is 481 g/mol. The second kappa shape index (κ2) is 11.9. The molecule has 0 bridgehead atoms. The lowest BCUT2D eigenvalue weighted by Gasteiger charge is -2.15. The zero-order valence-electron chi connectivity index (χ0n) is 16.3. The molecule has 7 heteroatoms. The second-order valence-electron chi connectivity index (χ2n) is 6.54. The number of nitrogens with zero attached hydrogens (tertiary/aromatic N) is 3. The Bertz CT molecular complexity index is 830. The van der Waals surface area contributed by atoms with E-state index >= 15 is 0 Å². The van der Waals surface area contributed by atoms with E-state index in [4.69, 9.17) is 0 Å². The average molecular weight is 509 g/mol. The summed E-state index contributed by atoms with van der Waals surface area (Å²) in [6.45, 7) is 4.72. The molecule has 1 aromatic carbocycles. The van der Waals surface area contributed by atoms with Crippen molar-refractivity contribution in [3.63, 3.8) is 0 Å². The molecule has 5 nitrogen and oxygen atoms in total. The standard InChI is InChI=1S/C21H27N5S.HI/c1-17(19-9-13-27-16-19)14-25-21(22-2)24-10-8-20-23-11-12-26(20)15-18-6-4-3-5-7-18;/h3-7,9,11-13,16-17H,8,10,14-15H2,1-2H3,(H2,22,24,25);1H. The van der Waals surface area contributed by atoms with Gasteiger partial charge in [0.1, 0.15) is 5.82 Å². The van der Waals surface area contributed by atoms with Crippen molar-refractivity contribution in [1.82, 2.24) is 20.2 Å². The smallest absolute Gasteiger partial charge is 0.191 e. The Morgan fingerprint density at radius 2 is 2.04 bits per heavy atom. The predicted molar refractivity (Wildman–Crippen MR) is 129 cm³/mol. The van der Waals surface area contributed by atoms with Crippen LogP contribution in [0, 0.1) is 0 Å². The first kappa shape index (κ1) is 22.4. The molecule has 28 heavy (non-hydrogen) atoms. The van der Waals surface area contributed by atoms with Crippen molar-refractivity contribution in [3.8, 4) is 0 Å². The number of hydrogen-bond acceptors (Lipinski definition) is 3. The van der Waals surface area contributed by atoms with Gasteiger partial charge >= 0.3 is 0 Å². The topological polar surface area (TPSA) is 54.2 Å². The number of benzene rings is 1. The monoisotopic (exact) mass is 509 g/mol. The van der Waals surface area contributed by atoms with Crippen molar-refractivity contribution < 1.29 is 0 Å². The number of thiophene rings is 1. The summed E-state index contributed by atoms with van der Waals surface area (Å²) in [6.07, 6.45) is 4.76. The van der Waals surface area contributed by atoms with Crippen LogP contribution in [0.4, 0.5) is 0 Å². The molecule has 1 unspecified atom stereocenters. The van der Waals surface area contributed by atoms with E-state index in [9.17, 15) is 0 Å². The van der Waals surface area contributed by atoms with Crippen LogP contribution < -0.4 is 10.6 Å². The molecule has 3 aromatic rings. The molecule has 1 atom stereocenters. The van der Waals surface area contributed by atoms with Gasteiger partial charge in [-0.05, 0) is 33.9 Å². The van der Waals surface area contributed by atoms with E-state index in [0.29, 0.717) is 5.92 Å². The Morgan fingerprint density at radius 3 is 2.75 bits per heavy atom. The minimum absolute atomic E-state index is 0. The quantitative estimate of drug-likeness (QED) is 0.273. The zero-order valence-corrected chi connectivity index (χ0v) is 19.5. The van der Waals surface area contributed by atoms with Crippen LogP contribution in [0.3, 0.4) is 0 Å². The SMILES string of the molecule is CN=C(NCCc1nccn1Cc1ccccc1)NCC(C)c1ccsc1.I. The van der Waals surface area contributed by atoms with Crippen molar-refractivity contribution in [2.75, 3.05) is 20.1 Å². The molecule has 2 heterocycles. The first-order chi connectivity index (χ1) is 13.3. The van der Waals surface area contributed by atoms with Crippen LogP contribution in [0.15, 0.2) is 64.5 Å². The molecule has 0 spiro atoms. The van der Waals surface area contributed by atoms with E-state index < -0.39 is 0 Å². The molecule has 0 aliphatic rings. The fourth-order valence-electron chi connectivity index (χ4n) is 2.93. The molecule has 2 aromatic heterocycles. The highest BCUT2D eigenvalue weighted by Gasteiger charge is 2.08.